The van der Waals surface area contributed by atoms with Crippen LogP contribution in [0.5, 0.6) is 5.75 Å². The van der Waals surface area contributed by atoms with Crippen molar-refractivity contribution in [3.8, 4) is 5.75 Å². The molecule has 2 rings (SSSR count). The third kappa shape index (κ3) is 2.66. The summed E-state index contributed by atoms with van der Waals surface area (Å²) in [6.07, 6.45) is 1.42. The highest BCUT2D eigenvalue weighted by atomic mass is 16.7. The van der Waals surface area contributed by atoms with E-state index in [4.69, 9.17) is 9.57 Å². The minimum Gasteiger partial charge on any atom is -0.507 e. The number of aromatic hydroxyl groups is 1. The Bertz CT molecular complexity index is 457. The minimum absolute atomic E-state index is 0.0696. The molecule has 1 aromatic carbocycles. The van der Waals surface area contributed by atoms with Crippen LogP contribution >= 0.6 is 0 Å². The molecular weight excluding hydrogens is 224 g/mol. The van der Waals surface area contributed by atoms with Crippen LogP contribution in [0.3, 0.4) is 0 Å². The smallest absolute Gasteiger partial charge is 0.257 e. The standard InChI is InChI=1S/C11H12N2O4/c1-15-12-7-9-3-2-8(6-10(9)14)11-13-17-5-4-16-11/h2-3,6-7,14H,4-5H2,1H3. The van der Waals surface area contributed by atoms with Gasteiger partial charge in [0.2, 0.25) is 0 Å². The van der Waals surface area contributed by atoms with Crippen molar-refractivity contribution in [2.45, 2.75) is 0 Å². The van der Waals surface area contributed by atoms with E-state index in [1.165, 1.54) is 19.4 Å². The lowest BCUT2D eigenvalue weighted by atomic mass is 10.1. The first-order valence-corrected chi connectivity index (χ1v) is 5.04. The first kappa shape index (κ1) is 11.3. The van der Waals surface area contributed by atoms with E-state index in [-0.39, 0.29) is 5.75 Å². The van der Waals surface area contributed by atoms with Crippen molar-refractivity contribution >= 4 is 12.1 Å². The molecule has 0 bridgehead atoms. The van der Waals surface area contributed by atoms with Crippen LogP contribution in [0.1, 0.15) is 11.1 Å². The van der Waals surface area contributed by atoms with Crippen LogP contribution in [-0.2, 0) is 14.4 Å². The third-order valence-corrected chi connectivity index (χ3v) is 2.14. The lowest BCUT2D eigenvalue weighted by Gasteiger charge is -2.13. The van der Waals surface area contributed by atoms with Gasteiger partial charge in [-0.1, -0.05) is 5.16 Å². The predicted molar refractivity (Wildman–Crippen MR) is 61.2 cm³/mol. The van der Waals surface area contributed by atoms with Crippen LogP contribution in [0.4, 0.5) is 0 Å². The summed E-state index contributed by atoms with van der Waals surface area (Å²) in [5.74, 6) is 0.432. The van der Waals surface area contributed by atoms with Crippen molar-refractivity contribution in [3.63, 3.8) is 0 Å². The number of hydrogen-bond donors (Lipinski definition) is 1. The second-order valence-electron chi connectivity index (χ2n) is 3.27. The van der Waals surface area contributed by atoms with Gasteiger partial charge in [0.15, 0.2) is 6.61 Å². The van der Waals surface area contributed by atoms with E-state index < -0.39 is 0 Å². The topological polar surface area (TPSA) is 72.6 Å². The van der Waals surface area contributed by atoms with Crippen molar-refractivity contribution in [1.29, 1.82) is 0 Å². The maximum atomic E-state index is 9.75. The zero-order valence-corrected chi connectivity index (χ0v) is 9.29. The average Bonchev–Trinajstić information content (AvgIpc) is 2.38. The molecule has 0 aromatic heterocycles. The second-order valence-corrected chi connectivity index (χ2v) is 3.27. The molecule has 0 amide bonds. The Balaban J connectivity index is 2.24. The number of rotatable bonds is 3. The van der Waals surface area contributed by atoms with Gasteiger partial charge in [0.1, 0.15) is 19.5 Å². The van der Waals surface area contributed by atoms with E-state index in [0.29, 0.717) is 30.2 Å². The Morgan fingerprint density at radius 2 is 2.35 bits per heavy atom. The summed E-state index contributed by atoms with van der Waals surface area (Å²) in [5, 5.41) is 17.1. The molecule has 0 atom stereocenters. The summed E-state index contributed by atoms with van der Waals surface area (Å²) in [7, 11) is 1.43. The van der Waals surface area contributed by atoms with Gasteiger partial charge in [0.05, 0.1) is 6.21 Å². The Labute approximate surface area is 98.1 Å². The van der Waals surface area contributed by atoms with Crippen LogP contribution < -0.4 is 0 Å². The number of nitrogens with zero attached hydrogens (tertiary/aromatic N) is 2. The van der Waals surface area contributed by atoms with Crippen molar-refractivity contribution < 1.29 is 19.5 Å². The summed E-state index contributed by atoms with van der Waals surface area (Å²) in [5.41, 5.74) is 1.20. The fourth-order valence-corrected chi connectivity index (χ4v) is 1.34. The van der Waals surface area contributed by atoms with Gasteiger partial charge >= 0.3 is 0 Å². The van der Waals surface area contributed by atoms with Gasteiger partial charge in [-0.05, 0) is 23.4 Å². The van der Waals surface area contributed by atoms with Crippen LogP contribution in [0.15, 0.2) is 28.5 Å². The first-order valence-electron chi connectivity index (χ1n) is 5.04. The molecule has 1 aromatic rings. The molecule has 0 saturated heterocycles. The quantitative estimate of drug-likeness (QED) is 0.629. The Morgan fingerprint density at radius 3 is 3.00 bits per heavy atom. The largest absolute Gasteiger partial charge is 0.507 e. The second kappa shape index (κ2) is 5.20. The van der Waals surface area contributed by atoms with Crippen molar-refractivity contribution in [2.75, 3.05) is 20.3 Å². The van der Waals surface area contributed by atoms with E-state index in [2.05, 4.69) is 15.1 Å². The third-order valence-electron chi connectivity index (χ3n) is 2.14. The number of phenols is 1. The van der Waals surface area contributed by atoms with Crippen LogP contribution in [0, 0.1) is 0 Å². The van der Waals surface area contributed by atoms with Gasteiger partial charge in [-0.2, -0.15) is 0 Å². The van der Waals surface area contributed by atoms with E-state index in [0.717, 1.165) is 0 Å². The molecule has 1 heterocycles. The van der Waals surface area contributed by atoms with Crippen molar-refractivity contribution in [1.82, 2.24) is 0 Å². The van der Waals surface area contributed by atoms with Crippen molar-refractivity contribution in [2.24, 2.45) is 10.3 Å². The van der Waals surface area contributed by atoms with Crippen LogP contribution in [0.2, 0.25) is 0 Å². The molecule has 0 fully saturated rings. The molecule has 6 heteroatoms. The highest BCUT2D eigenvalue weighted by molar-refractivity contribution is 5.95. The van der Waals surface area contributed by atoms with E-state index in [9.17, 15) is 5.11 Å². The van der Waals surface area contributed by atoms with E-state index in [1.807, 2.05) is 0 Å². The molecular formula is C11H12N2O4. The normalized spacial score (nSPS) is 15.0. The fraction of sp³-hybridized carbons (Fsp3) is 0.273. The molecule has 6 nitrogen and oxygen atoms in total. The van der Waals surface area contributed by atoms with E-state index in [1.54, 1.807) is 12.1 Å². The summed E-state index contributed by atoms with van der Waals surface area (Å²) in [6, 6.07) is 4.97. The molecule has 0 aliphatic carbocycles. The molecule has 0 radical (unpaired) electrons. The van der Waals surface area contributed by atoms with Crippen LogP contribution in [0.25, 0.3) is 0 Å². The fourth-order valence-electron chi connectivity index (χ4n) is 1.34. The van der Waals surface area contributed by atoms with E-state index >= 15 is 0 Å². The molecule has 0 unspecified atom stereocenters. The number of phenolic OH excluding ortho intramolecular Hbond substituents is 1. The molecule has 17 heavy (non-hydrogen) atoms. The summed E-state index contributed by atoms with van der Waals surface area (Å²) < 4.78 is 5.30. The zero-order chi connectivity index (χ0) is 12.1. The minimum atomic E-state index is 0.0696. The molecule has 1 N–H and O–H groups in total. The SMILES string of the molecule is CON=Cc1ccc(C2=NOCCO2)cc1O. The monoisotopic (exact) mass is 236 g/mol. The molecule has 1 aliphatic rings. The predicted octanol–water partition coefficient (Wildman–Crippen LogP) is 1.08. The number of hydrogen-bond acceptors (Lipinski definition) is 6. The maximum absolute atomic E-state index is 9.75. The van der Waals surface area contributed by atoms with Gasteiger partial charge < -0.3 is 19.5 Å². The molecule has 1 aliphatic heterocycles. The van der Waals surface area contributed by atoms with Gasteiger partial charge in [0.25, 0.3) is 5.90 Å². The highest BCUT2D eigenvalue weighted by Gasteiger charge is 2.12. The Hall–Kier alpha value is -2.24. The van der Waals surface area contributed by atoms with Gasteiger partial charge in [-0.15, -0.1) is 0 Å². The van der Waals surface area contributed by atoms with Gasteiger partial charge in [0, 0.05) is 11.1 Å². The Morgan fingerprint density at radius 1 is 1.47 bits per heavy atom. The maximum Gasteiger partial charge on any atom is 0.257 e. The highest BCUT2D eigenvalue weighted by Crippen LogP contribution is 2.19. The summed E-state index contributed by atoms with van der Waals surface area (Å²) in [4.78, 5) is 9.44. The first-order chi connectivity index (χ1) is 8.31. The summed E-state index contributed by atoms with van der Waals surface area (Å²) in [6.45, 7) is 0.889. The Kier molecular flexibility index (Phi) is 3.44. The molecule has 90 valence electrons. The lowest BCUT2D eigenvalue weighted by Crippen LogP contribution is -2.17. The lowest BCUT2D eigenvalue weighted by molar-refractivity contribution is 0.0655. The number of benzene rings is 1. The molecule has 0 saturated carbocycles. The zero-order valence-electron chi connectivity index (χ0n) is 9.29. The number of oxime groups is 2. The van der Waals surface area contributed by atoms with Gasteiger partial charge in [-0.25, -0.2) is 0 Å². The van der Waals surface area contributed by atoms with Crippen molar-refractivity contribution in [3.05, 3.63) is 29.3 Å². The number of ether oxygens (including phenoxy) is 1. The van der Waals surface area contributed by atoms with Crippen LogP contribution in [-0.4, -0.2) is 37.5 Å². The van der Waals surface area contributed by atoms with Gasteiger partial charge in [-0.3, -0.25) is 0 Å². The summed E-state index contributed by atoms with van der Waals surface area (Å²) >= 11 is 0. The average molecular weight is 236 g/mol. The molecule has 0 spiro atoms.